The zero-order valence-electron chi connectivity index (χ0n) is 9.28. The van der Waals surface area contributed by atoms with Crippen LogP contribution in [0.1, 0.15) is 12.5 Å². The van der Waals surface area contributed by atoms with Gasteiger partial charge in [-0.1, -0.05) is 36.7 Å². The Balaban J connectivity index is 2.31. The first-order valence-corrected chi connectivity index (χ1v) is 6.44. The first-order valence-electron chi connectivity index (χ1n) is 5.27. The van der Waals surface area contributed by atoms with Crippen molar-refractivity contribution in [2.45, 2.75) is 13.3 Å². The fraction of sp³-hybridized carbons (Fsp3) is 0.154. The van der Waals surface area contributed by atoms with Crippen LogP contribution in [0.15, 0.2) is 41.0 Å². The van der Waals surface area contributed by atoms with Crippen molar-refractivity contribution in [2.24, 2.45) is 0 Å². The molecule has 1 aromatic carbocycles. The number of ether oxygens (including phenoxy) is 1. The summed E-state index contributed by atoms with van der Waals surface area (Å²) in [5, 5.41) is 0.577. The molecule has 1 aromatic heterocycles. The third-order valence-corrected chi connectivity index (χ3v) is 3.11. The molecule has 2 nitrogen and oxygen atoms in total. The fourth-order valence-corrected chi connectivity index (χ4v) is 2.20. The van der Waals surface area contributed by atoms with Gasteiger partial charge in [0.15, 0.2) is 0 Å². The lowest BCUT2D eigenvalue weighted by Crippen LogP contribution is -1.92. The van der Waals surface area contributed by atoms with Crippen molar-refractivity contribution in [1.82, 2.24) is 4.98 Å². The van der Waals surface area contributed by atoms with Gasteiger partial charge in [-0.15, -0.1) is 0 Å². The summed E-state index contributed by atoms with van der Waals surface area (Å²) in [5.74, 6) is 1.35. The van der Waals surface area contributed by atoms with Gasteiger partial charge in [0, 0.05) is 6.20 Å². The summed E-state index contributed by atoms with van der Waals surface area (Å²) in [4.78, 5) is 4.15. The quantitative estimate of drug-likeness (QED) is 0.808. The number of aryl methyl sites for hydroxylation is 1. The number of benzene rings is 1. The monoisotopic (exact) mass is 311 g/mol. The lowest BCUT2D eigenvalue weighted by atomic mass is 10.1. The van der Waals surface area contributed by atoms with Crippen molar-refractivity contribution in [3.63, 3.8) is 0 Å². The zero-order valence-corrected chi connectivity index (χ0v) is 11.6. The van der Waals surface area contributed by atoms with Gasteiger partial charge in [0.2, 0.25) is 5.88 Å². The van der Waals surface area contributed by atoms with Crippen LogP contribution < -0.4 is 4.74 Å². The van der Waals surface area contributed by atoms with Gasteiger partial charge in [-0.3, -0.25) is 0 Å². The lowest BCUT2D eigenvalue weighted by molar-refractivity contribution is 0.454. The minimum atomic E-state index is 0.523. The number of rotatable bonds is 3. The van der Waals surface area contributed by atoms with E-state index in [2.05, 4.69) is 27.8 Å². The van der Waals surface area contributed by atoms with Crippen molar-refractivity contribution >= 4 is 27.5 Å². The van der Waals surface area contributed by atoms with Gasteiger partial charge >= 0.3 is 0 Å². The maximum atomic E-state index is 5.83. The van der Waals surface area contributed by atoms with Gasteiger partial charge in [-0.2, -0.15) is 0 Å². The summed E-state index contributed by atoms with van der Waals surface area (Å²) in [6, 6.07) is 9.67. The molecule has 0 fully saturated rings. The maximum Gasteiger partial charge on any atom is 0.233 e. The molecule has 0 saturated heterocycles. The van der Waals surface area contributed by atoms with Crippen molar-refractivity contribution < 1.29 is 4.74 Å². The van der Waals surface area contributed by atoms with E-state index < -0.39 is 0 Å². The second-order valence-corrected chi connectivity index (χ2v) is 4.79. The SMILES string of the molecule is CCc1ccccc1Oc1ncc(Cl)cc1Br. The molecule has 0 aliphatic heterocycles. The van der Waals surface area contributed by atoms with E-state index in [0.29, 0.717) is 10.9 Å². The summed E-state index contributed by atoms with van der Waals surface area (Å²) < 4.78 is 6.52. The number of para-hydroxylation sites is 1. The molecule has 0 aliphatic carbocycles. The summed E-state index contributed by atoms with van der Waals surface area (Å²) in [6.07, 6.45) is 2.48. The third-order valence-electron chi connectivity index (χ3n) is 2.33. The normalized spacial score (nSPS) is 10.3. The summed E-state index contributed by atoms with van der Waals surface area (Å²) in [6.45, 7) is 2.09. The highest BCUT2D eigenvalue weighted by molar-refractivity contribution is 9.10. The van der Waals surface area contributed by atoms with E-state index in [-0.39, 0.29) is 0 Å². The van der Waals surface area contributed by atoms with Crippen LogP contribution in [0.3, 0.4) is 0 Å². The Bertz CT molecular complexity index is 531. The second-order valence-electron chi connectivity index (χ2n) is 3.50. The topological polar surface area (TPSA) is 22.1 Å². The zero-order chi connectivity index (χ0) is 12.3. The van der Waals surface area contributed by atoms with E-state index in [1.807, 2.05) is 24.3 Å². The Hall–Kier alpha value is -1.06. The standard InChI is InChI=1S/C13H11BrClNO/c1-2-9-5-3-4-6-12(9)17-13-11(14)7-10(15)8-16-13/h3-8H,2H2,1H3. The molecule has 0 aliphatic rings. The van der Waals surface area contributed by atoms with Crippen LogP contribution in [0.5, 0.6) is 11.6 Å². The molecular formula is C13H11BrClNO. The molecule has 0 atom stereocenters. The molecule has 0 bridgehead atoms. The first kappa shape index (κ1) is 12.4. The van der Waals surface area contributed by atoms with Gasteiger partial charge in [-0.25, -0.2) is 4.98 Å². The number of aromatic nitrogens is 1. The van der Waals surface area contributed by atoms with Gasteiger partial charge < -0.3 is 4.74 Å². The van der Waals surface area contributed by atoms with Crippen LogP contribution >= 0.6 is 27.5 Å². The van der Waals surface area contributed by atoms with Gasteiger partial charge in [0.25, 0.3) is 0 Å². The number of hydrogen-bond donors (Lipinski definition) is 0. The number of pyridine rings is 1. The van der Waals surface area contributed by atoms with Crippen LogP contribution in [-0.2, 0) is 6.42 Å². The van der Waals surface area contributed by atoms with Gasteiger partial charge in [-0.05, 0) is 40.0 Å². The lowest BCUT2D eigenvalue weighted by Gasteiger charge is -2.10. The van der Waals surface area contributed by atoms with Gasteiger partial charge in [0.1, 0.15) is 5.75 Å². The average Bonchev–Trinajstić information content (AvgIpc) is 2.33. The molecule has 0 spiro atoms. The molecular weight excluding hydrogens is 302 g/mol. The van der Waals surface area contributed by atoms with E-state index >= 15 is 0 Å². The first-order chi connectivity index (χ1) is 8.20. The Morgan fingerprint density at radius 2 is 2.12 bits per heavy atom. The molecule has 1 heterocycles. The highest BCUT2D eigenvalue weighted by Gasteiger charge is 2.07. The maximum absolute atomic E-state index is 5.83. The average molecular weight is 313 g/mol. The van der Waals surface area contributed by atoms with Crippen molar-refractivity contribution in [3.05, 3.63) is 51.6 Å². The smallest absolute Gasteiger partial charge is 0.233 e. The van der Waals surface area contributed by atoms with E-state index in [4.69, 9.17) is 16.3 Å². The van der Waals surface area contributed by atoms with Crippen LogP contribution in [0.25, 0.3) is 0 Å². The van der Waals surface area contributed by atoms with E-state index in [1.54, 1.807) is 12.3 Å². The number of halogens is 2. The number of hydrogen-bond acceptors (Lipinski definition) is 2. The minimum Gasteiger partial charge on any atom is -0.438 e. The number of nitrogens with zero attached hydrogens (tertiary/aromatic N) is 1. The van der Waals surface area contributed by atoms with Crippen LogP contribution in [0, 0.1) is 0 Å². The highest BCUT2D eigenvalue weighted by Crippen LogP contribution is 2.31. The summed E-state index contributed by atoms with van der Waals surface area (Å²) in [7, 11) is 0. The molecule has 0 saturated carbocycles. The largest absolute Gasteiger partial charge is 0.438 e. The van der Waals surface area contributed by atoms with Crippen molar-refractivity contribution in [2.75, 3.05) is 0 Å². The Labute approximate surface area is 114 Å². The molecule has 2 aromatic rings. The molecule has 0 radical (unpaired) electrons. The second kappa shape index (κ2) is 5.52. The molecule has 4 heteroatoms. The molecule has 0 unspecified atom stereocenters. The van der Waals surface area contributed by atoms with Crippen LogP contribution in [0.2, 0.25) is 5.02 Å². The molecule has 88 valence electrons. The van der Waals surface area contributed by atoms with E-state index in [1.165, 1.54) is 0 Å². The summed E-state index contributed by atoms with van der Waals surface area (Å²) >= 11 is 9.21. The van der Waals surface area contributed by atoms with Crippen molar-refractivity contribution in [3.8, 4) is 11.6 Å². The van der Waals surface area contributed by atoms with Gasteiger partial charge in [0.05, 0.1) is 9.50 Å². The van der Waals surface area contributed by atoms with Crippen molar-refractivity contribution in [1.29, 1.82) is 0 Å². The predicted molar refractivity (Wildman–Crippen MR) is 72.8 cm³/mol. The molecule has 2 rings (SSSR count). The highest BCUT2D eigenvalue weighted by atomic mass is 79.9. The third kappa shape index (κ3) is 2.99. The minimum absolute atomic E-state index is 0.523. The Morgan fingerprint density at radius 1 is 1.35 bits per heavy atom. The Morgan fingerprint density at radius 3 is 2.82 bits per heavy atom. The molecule has 17 heavy (non-hydrogen) atoms. The van der Waals surface area contributed by atoms with E-state index in [9.17, 15) is 0 Å². The van der Waals surface area contributed by atoms with Crippen LogP contribution in [-0.4, -0.2) is 4.98 Å². The Kier molecular flexibility index (Phi) is 4.02. The molecule has 0 N–H and O–H groups in total. The fourth-order valence-electron chi connectivity index (χ4n) is 1.48. The van der Waals surface area contributed by atoms with E-state index in [0.717, 1.165) is 22.2 Å². The summed E-state index contributed by atoms with van der Waals surface area (Å²) in [5.41, 5.74) is 1.15. The van der Waals surface area contributed by atoms with Crippen LogP contribution in [0.4, 0.5) is 0 Å². The predicted octanol–water partition coefficient (Wildman–Crippen LogP) is 4.85. The molecule has 0 amide bonds.